The normalized spacial score (nSPS) is 19.0. The molecule has 1 saturated heterocycles. The van der Waals surface area contributed by atoms with Gasteiger partial charge in [0.05, 0.1) is 33.7 Å². The summed E-state index contributed by atoms with van der Waals surface area (Å²) in [6.07, 6.45) is 1.94. The van der Waals surface area contributed by atoms with Gasteiger partial charge in [-0.15, -0.1) is 0 Å². The fraction of sp³-hybridized carbons (Fsp3) is 0.0857. The molecule has 0 unspecified atom stereocenters. The van der Waals surface area contributed by atoms with Gasteiger partial charge >= 0.3 is 4.87 Å². The number of halogens is 1. The number of fused-ring (bicyclic) bond motifs is 2. The zero-order chi connectivity index (χ0) is 30.7. The van der Waals surface area contributed by atoms with Gasteiger partial charge in [0.15, 0.2) is 0 Å². The van der Waals surface area contributed by atoms with E-state index in [9.17, 15) is 14.4 Å². The third-order valence-corrected chi connectivity index (χ3v) is 11.0. The summed E-state index contributed by atoms with van der Waals surface area (Å²) in [5.74, 6) is -1.99. The molecule has 10 heteroatoms. The van der Waals surface area contributed by atoms with Crippen molar-refractivity contribution in [3.63, 3.8) is 0 Å². The van der Waals surface area contributed by atoms with Crippen molar-refractivity contribution < 1.29 is 9.59 Å². The first-order chi connectivity index (χ1) is 22.0. The molecule has 0 N–H and O–H groups in total. The molecule has 0 bridgehead atoms. The molecule has 7 nitrogen and oxygen atoms in total. The number of nitrogens with zero attached hydrogens (tertiary/aromatic N) is 4. The lowest BCUT2D eigenvalue weighted by atomic mass is 9.82. The summed E-state index contributed by atoms with van der Waals surface area (Å²) < 4.78 is 3.48. The standard InChI is InChI=1S/C35H23ClN4O3S2/c36-22-16-18-25(19-17-22)39-32(41)28-27(26-20-38(23-12-6-2-7-13-23)37-29(26)21-10-4-1-5-11-21)31-34(44-30(28)33(39)42)40(35(43)45-31)24-14-8-3-9-15-24/h1-20,27-28,30H/t27-,28+,30-/m1/s1. The molecule has 45 heavy (non-hydrogen) atoms. The molecule has 2 aromatic heterocycles. The Bertz CT molecular complexity index is 2130. The number of carbonyl (C=O) groups excluding carboxylic acids is 2. The summed E-state index contributed by atoms with van der Waals surface area (Å²) >= 11 is 8.57. The molecule has 2 aliphatic heterocycles. The van der Waals surface area contributed by atoms with Crippen LogP contribution in [0.5, 0.6) is 0 Å². The molecular formula is C35H23ClN4O3S2. The molecule has 4 heterocycles. The number of imide groups is 1. The van der Waals surface area contributed by atoms with Gasteiger partial charge in [0.1, 0.15) is 5.25 Å². The quantitative estimate of drug-likeness (QED) is 0.185. The first-order valence-electron chi connectivity index (χ1n) is 14.3. The molecule has 2 amide bonds. The van der Waals surface area contributed by atoms with E-state index in [1.54, 1.807) is 28.8 Å². The molecule has 0 saturated carbocycles. The number of anilines is 1. The van der Waals surface area contributed by atoms with Crippen molar-refractivity contribution in [3.05, 3.63) is 147 Å². The highest BCUT2D eigenvalue weighted by Crippen LogP contribution is 2.55. The Morgan fingerprint density at radius 3 is 1.98 bits per heavy atom. The smallest absolute Gasteiger partial charge is 0.274 e. The van der Waals surface area contributed by atoms with E-state index in [-0.39, 0.29) is 16.7 Å². The third kappa shape index (κ3) is 4.58. The average molecular weight is 647 g/mol. The minimum atomic E-state index is -0.760. The highest BCUT2D eigenvalue weighted by molar-refractivity contribution is 8.00. The Balaban J connectivity index is 1.38. The maximum absolute atomic E-state index is 14.5. The summed E-state index contributed by atoms with van der Waals surface area (Å²) in [6.45, 7) is 0. The molecule has 0 spiro atoms. The van der Waals surface area contributed by atoms with Crippen LogP contribution in [0.15, 0.2) is 131 Å². The van der Waals surface area contributed by atoms with Crippen LogP contribution in [0.4, 0.5) is 5.69 Å². The van der Waals surface area contributed by atoms with Crippen LogP contribution in [0.3, 0.4) is 0 Å². The second kappa shape index (κ2) is 11.0. The summed E-state index contributed by atoms with van der Waals surface area (Å²) in [5.41, 5.74) is 4.38. The molecule has 0 radical (unpaired) electrons. The number of aromatic nitrogens is 3. The van der Waals surface area contributed by atoms with E-state index in [1.165, 1.54) is 16.7 Å². The molecule has 4 aromatic carbocycles. The second-order valence-corrected chi connectivity index (χ2v) is 13.4. The van der Waals surface area contributed by atoms with Crippen molar-refractivity contribution in [3.8, 4) is 22.6 Å². The largest absolute Gasteiger partial charge is 0.312 e. The Morgan fingerprint density at radius 1 is 0.689 bits per heavy atom. The van der Waals surface area contributed by atoms with Crippen LogP contribution in [0.2, 0.25) is 5.02 Å². The van der Waals surface area contributed by atoms with E-state index in [1.807, 2.05) is 102 Å². The topological polar surface area (TPSA) is 77.2 Å². The van der Waals surface area contributed by atoms with Gasteiger partial charge in [-0.05, 0) is 48.5 Å². The highest BCUT2D eigenvalue weighted by atomic mass is 35.5. The van der Waals surface area contributed by atoms with E-state index >= 15 is 0 Å². The Labute approximate surface area is 271 Å². The van der Waals surface area contributed by atoms with Crippen LogP contribution < -0.4 is 9.77 Å². The van der Waals surface area contributed by atoms with Gasteiger partial charge in [-0.25, -0.2) is 9.58 Å². The van der Waals surface area contributed by atoms with Gasteiger partial charge < -0.3 is 0 Å². The minimum Gasteiger partial charge on any atom is -0.274 e. The molecule has 8 rings (SSSR count). The fourth-order valence-electron chi connectivity index (χ4n) is 6.20. The van der Waals surface area contributed by atoms with Crippen molar-refractivity contribution in [2.45, 2.75) is 16.2 Å². The van der Waals surface area contributed by atoms with Crippen LogP contribution in [0.1, 0.15) is 16.4 Å². The zero-order valence-electron chi connectivity index (χ0n) is 23.5. The Hall–Kier alpha value is -4.70. The van der Waals surface area contributed by atoms with Gasteiger partial charge in [-0.3, -0.25) is 19.0 Å². The number of hydrogen-bond acceptors (Lipinski definition) is 6. The third-order valence-electron chi connectivity index (χ3n) is 8.21. The van der Waals surface area contributed by atoms with E-state index < -0.39 is 17.1 Å². The fourth-order valence-corrected chi connectivity index (χ4v) is 9.12. The maximum atomic E-state index is 14.5. The number of benzene rings is 4. The SMILES string of the molecule is O=C1[C@H]2[C@@H](c3cn(-c4ccccc4)nc3-c3ccccc3)c3sc(=O)n(-c4ccccc4)c3S[C@H]2C(=O)N1c1ccc(Cl)cc1. The van der Waals surface area contributed by atoms with Crippen LogP contribution in [0.25, 0.3) is 22.6 Å². The summed E-state index contributed by atoms with van der Waals surface area (Å²) in [5, 5.41) is 5.47. The lowest BCUT2D eigenvalue weighted by Crippen LogP contribution is -2.32. The molecule has 6 aromatic rings. The predicted octanol–water partition coefficient (Wildman–Crippen LogP) is 7.20. The maximum Gasteiger partial charge on any atom is 0.312 e. The van der Waals surface area contributed by atoms with E-state index in [0.29, 0.717) is 27.1 Å². The number of para-hydroxylation sites is 2. The van der Waals surface area contributed by atoms with Crippen molar-refractivity contribution in [1.82, 2.24) is 14.3 Å². The van der Waals surface area contributed by atoms with Crippen LogP contribution in [-0.2, 0) is 9.59 Å². The predicted molar refractivity (Wildman–Crippen MR) is 178 cm³/mol. The highest BCUT2D eigenvalue weighted by Gasteiger charge is 2.57. The molecule has 2 aliphatic rings. The zero-order valence-corrected chi connectivity index (χ0v) is 25.9. The summed E-state index contributed by atoms with van der Waals surface area (Å²) in [6, 6.07) is 35.7. The van der Waals surface area contributed by atoms with E-state index in [0.717, 1.165) is 33.0 Å². The Kier molecular flexibility index (Phi) is 6.82. The van der Waals surface area contributed by atoms with Crippen molar-refractivity contribution >= 4 is 52.2 Å². The Morgan fingerprint density at radius 2 is 1.31 bits per heavy atom. The first kappa shape index (κ1) is 27.8. The number of thiazole rings is 1. The molecule has 0 aliphatic carbocycles. The second-order valence-electron chi connectivity index (χ2n) is 10.8. The average Bonchev–Trinajstić information content (AvgIpc) is 3.73. The van der Waals surface area contributed by atoms with Gasteiger partial charge in [0, 0.05) is 33.1 Å². The summed E-state index contributed by atoms with van der Waals surface area (Å²) in [7, 11) is 0. The number of thioether (sulfide) groups is 1. The van der Waals surface area contributed by atoms with E-state index in [4.69, 9.17) is 16.7 Å². The molecule has 3 atom stereocenters. The number of carbonyl (C=O) groups is 2. The lowest BCUT2D eigenvalue weighted by Gasteiger charge is -2.30. The van der Waals surface area contributed by atoms with Gasteiger partial charge in [0.2, 0.25) is 11.8 Å². The number of rotatable bonds is 5. The van der Waals surface area contributed by atoms with E-state index in [2.05, 4.69) is 0 Å². The van der Waals surface area contributed by atoms with Gasteiger partial charge in [-0.2, -0.15) is 5.10 Å². The monoisotopic (exact) mass is 646 g/mol. The van der Waals surface area contributed by atoms with Gasteiger partial charge in [-0.1, -0.05) is 101 Å². The number of amides is 2. The number of hydrogen-bond donors (Lipinski definition) is 0. The van der Waals surface area contributed by atoms with Crippen LogP contribution in [-0.4, -0.2) is 31.4 Å². The molecular weight excluding hydrogens is 624 g/mol. The van der Waals surface area contributed by atoms with Crippen LogP contribution >= 0.6 is 34.7 Å². The summed E-state index contributed by atoms with van der Waals surface area (Å²) in [4.78, 5) is 44.2. The molecule has 1 fully saturated rings. The lowest BCUT2D eigenvalue weighted by molar-refractivity contribution is -0.122. The first-order valence-corrected chi connectivity index (χ1v) is 16.4. The van der Waals surface area contributed by atoms with Gasteiger partial charge in [0.25, 0.3) is 0 Å². The molecule has 220 valence electrons. The van der Waals surface area contributed by atoms with Crippen molar-refractivity contribution in [1.29, 1.82) is 0 Å². The van der Waals surface area contributed by atoms with Crippen molar-refractivity contribution in [2.75, 3.05) is 4.90 Å². The van der Waals surface area contributed by atoms with Crippen LogP contribution in [0, 0.1) is 5.92 Å². The minimum absolute atomic E-state index is 0.171. The van der Waals surface area contributed by atoms with Crippen molar-refractivity contribution in [2.24, 2.45) is 5.92 Å².